The van der Waals surface area contributed by atoms with Crippen molar-refractivity contribution in [2.24, 2.45) is 0 Å². The second kappa shape index (κ2) is 8.19. The van der Waals surface area contributed by atoms with E-state index in [1.165, 1.54) is 17.7 Å². The van der Waals surface area contributed by atoms with Crippen LogP contribution in [-0.2, 0) is 17.7 Å². The molecule has 4 aromatic rings. The van der Waals surface area contributed by atoms with Gasteiger partial charge in [0, 0.05) is 6.42 Å². The fourth-order valence-corrected chi connectivity index (χ4v) is 4.40. The molecule has 0 atom stereocenters. The number of carboxylic acids is 1. The molecule has 0 saturated heterocycles. The van der Waals surface area contributed by atoms with Crippen LogP contribution in [0.2, 0.25) is 0 Å². The van der Waals surface area contributed by atoms with E-state index < -0.39 is 11.9 Å². The number of rotatable bonds is 6. The number of hydrogen-bond donors (Lipinski definition) is 1. The van der Waals surface area contributed by atoms with Crippen LogP contribution >= 0.6 is 11.3 Å². The Balaban J connectivity index is 1.86. The summed E-state index contributed by atoms with van der Waals surface area (Å²) in [5, 5.41) is 9.74. The summed E-state index contributed by atoms with van der Waals surface area (Å²) in [6.45, 7) is 1.65. The van der Waals surface area contributed by atoms with Gasteiger partial charge >= 0.3 is 11.9 Å². The molecule has 158 valence electrons. The van der Waals surface area contributed by atoms with E-state index in [4.69, 9.17) is 4.42 Å². The van der Waals surface area contributed by atoms with Crippen LogP contribution in [0.4, 0.5) is 0 Å². The number of aromatic nitrogens is 2. The molecule has 0 spiro atoms. The lowest BCUT2D eigenvalue weighted by Crippen LogP contribution is -2.26. The molecule has 0 fully saturated rings. The minimum absolute atomic E-state index is 0.0315. The van der Waals surface area contributed by atoms with Gasteiger partial charge in [-0.2, -0.15) is 0 Å². The number of ether oxygens (including phenoxy) is 1. The van der Waals surface area contributed by atoms with Gasteiger partial charge in [0.1, 0.15) is 21.3 Å². The number of methoxy groups -OCH3 is 1. The van der Waals surface area contributed by atoms with Gasteiger partial charge < -0.3 is 14.3 Å². The molecule has 0 saturated carbocycles. The summed E-state index contributed by atoms with van der Waals surface area (Å²) in [6.07, 6.45) is 0.371. The van der Waals surface area contributed by atoms with Crippen molar-refractivity contribution in [3.05, 3.63) is 86.2 Å². The number of carboxylic acid groups (broad SMARTS) is 1. The SMILES string of the molecule is COC(=O)c1ccc(Cn2c(Cc3ccccc3)nc3sc(C(=O)O)c(C)c3c2=O)o1. The summed E-state index contributed by atoms with van der Waals surface area (Å²) in [6, 6.07) is 12.6. The fraction of sp³-hybridized carbons (Fsp3) is 0.182. The van der Waals surface area contributed by atoms with Crippen LogP contribution in [0.15, 0.2) is 51.7 Å². The maximum Gasteiger partial charge on any atom is 0.373 e. The van der Waals surface area contributed by atoms with Gasteiger partial charge in [-0.15, -0.1) is 11.3 Å². The highest BCUT2D eigenvalue weighted by atomic mass is 32.1. The standard InChI is InChI=1S/C22H18N2O6S/c1-12-17-19(31-18(12)21(26)27)23-16(10-13-6-4-3-5-7-13)24(20(17)25)11-14-8-9-15(30-14)22(28)29-2/h3-9H,10-11H2,1-2H3,(H,26,27). The molecule has 31 heavy (non-hydrogen) atoms. The first-order valence-corrected chi connectivity index (χ1v) is 10.2. The number of aryl methyl sites for hydroxylation is 1. The molecule has 3 aromatic heterocycles. The molecule has 0 amide bonds. The van der Waals surface area contributed by atoms with Crippen molar-refractivity contribution in [2.75, 3.05) is 7.11 Å². The van der Waals surface area contributed by atoms with Crippen LogP contribution in [0.25, 0.3) is 10.2 Å². The van der Waals surface area contributed by atoms with Crippen molar-refractivity contribution in [2.45, 2.75) is 19.9 Å². The maximum atomic E-state index is 13.4. The van der Waals surface area contributed by atoms with Gasteiger partial charge in [-0.3, -0.25) is 9.36 Å². The highest BCUT2D eigenvalue weighted by molar-refractivity contribution is 7.20. The number of esters is 1. The van der Waals surface area contributed by atoms with E-state index in [-0.39, 0.29) is 28.1 Å². The summed E-state index contributed by atoms with van der Waals surface area (Å²) < 4.78 is 11.6. The summed E-state index contributed by atoms with van der Waals surface area (Å²) >= 11 is 0.988. The van der Waals surface area contributed by atoms with E-state index in [9.17, 15) is 19.5 Å². The lowest BCUT2D eigenvalue weighted by atomic mass is 10.1. The van der Waals surface area contributed by atoms with Crippen LogP contribution in [0.5, 0.6) is 0 Å². The highest BCUT2D eigenvalue weighted by Gasteiger charge is 2.22. The second-order valence-corrected chi connectivity index (χ2v) is 7.88. The van der Waals surface area contributed by atoms with E-state index in [0.29, 0.717) is 28.4 Å². The summed E-state index contributed by atoms with van der Waals surface area (Å²) in [7, 11) is 1.25. The number of nitrogens with zero attached hydrogens (tertiary/aromatic N) is 2. The van der Waals surface area contributed by atoms with Crippen LogP contribution in [-0.4, -0.2) is 33.7 Å². The Kier molecular flexibility index (Phi) is 5.43. The molecule has 1 N–H and O–H groups in total. The minimum Gasteiger partial charge on any atom is -0.477 e. The first-order chi connectivity index (χ1) is 14.9. The van der Waals surface area contributed by atoms with Crippen LogP contribution in [0, 0.1) is 6.92 Å². The monoisotopic (exact) mass is 438 g/mol. The van der Waals surface area contributed by atoms with E-state index in [1.54, 1.807) is 13.0 Å². The Hall–Kier alpha value is -3.72. The average Bonchev–Trinajstić information content (AvgIpc) is 3.35. The number of aromatic carboxylic acids is 1. The summed E-state index contributed by atoms with van der Waals surface area (Å²) in [5.41, 5.74) is 0.983. The minimum atomic E-state index is -1.09. The van der Waals surface area contributed by atoms with Crippen molar-refractivity contribution in [3.8, 4) is 0 Å². The Bertz CT molecular complexity index is 1350. The smallest absolute Gasteiger partial charge is 0.373 e. The number of benzene rings is 1. The number of fused-ring (bicyclic) bond motifs is 1. The van der Waals surface area contributed by atoms with Gasteiger partial charge in [-0.25, -0.2) is 14.6 Å². The summed E-state index contributed by atoms with van der Waals surface area (Å²) in [5.74, 6) is -0.826. The normalized spacial score (nSPS) is 11.0. The first-order valence-electron chi connectivity index (χ1n) is 9.36. The number of carbonyl (C=O) groups is 2. The Morgan fingerprint density at radius 3 is 2.61 bits per heavy atom. The third-order valence-electron chi connectivity index (χ3n) is 4.89. The maximum absolute atomic E-state index is 13.4. The van der Waals surface area contributed by atoms with E-state index in [1.807, 2.05) is 30.3 Å². The Morgan fingerprint density at radius 1 is 1.19 bits per heavy atom. The fourth-order valence-electron chi connectivity index (χ4n) is 3.37. The van der Waals surface area contributed by atoms with Crippen molar-refractivity contribution in [3.63, 3.8) is 0 Å². The van der Waals surface area contributed by atoms with Crippen LogP contribution in [0.3, 0.4) is 0 Å². The van der Waals surface area contributed by atoms with Crippen molar-refractivity contribution in [1.29, 1.82) is 0 Å². The van der Waals surface area contributed by atoms with Crippen molar-refractivity contribution < 1.29 is 23.8 Å². The molecule has 0 aliphatic rings. The van der Waals surface area contributed by atoms with Gasteiger partial charge in [0.05, 0.1) is 19.0 Å². The molecule has 4 rings (SSSR count). The molecule has 1 aromatic carbocycles. The zero-order valence-electron chi connectivity index (χ0n) is 16.7. The number of hydrogen-bond acceptors (Lipinski definition) is 7. The van der Waals surface area contributed by atoms with Crippen LogP contribution in [0.1, 0.15) is 42.9 Å². The zero-order valence-corrected chi connectivity index (χ0v) is 17.6. The predicted octanol–water partition coefficient (Wildman–Crippen LogP) is 3.48. The predicted molar refractivity (Wildman–Crippen MR) is 114 cm³/mol. The van der Waals surface area contributed by atoms with Crippen molar-refractivity contribution in [1.82, 2.24) is 9.55 Å². The van der Waals surface area contributed by atoms with Gasteiger partial charge in [0.25, 0.3) is 5.56 Å². The first kappa shape index (κ1) is 20.5. The number of furan rings is 1. The molecule has 0 aliphatic carbocycles. The molecular formula is C22H18N2O6S. The summed E-state index contributed by atoms with van der Waals surface area (Å²) in [4.78, 5) is 41.8. The topological polar surface area (TPSA) is 112 Å². The van der Waals surface area contributed by atoms with Crippen molar-refractivity contribution >= 4 is 33.5 Å². The van der Waals surface area contributed by atoms with Gasteiger partial charge in [-0.05, 0) is 30.2 Å². The quantitative estimate of drug-likeness (QED) is 0.459. The molecule has 3 heterocycles. The largest absolute Gasteiger partial charge is 0.477 e. The second-order valence-electron chi connectivity index (χ2n) is 6.88. The average molecular weight is 438 g/mol. The lowest BCUT2D eigenvalue weighted by Gasteiger charge is -2.12. The molecule has 0 bridgehead atoms. The third kappa shape index (κ3) is 3.87. The number of carbonyl (C=O) groups excluding carboxylic acids is 1. The van der Waals surface area contributed by atoms with Gasteiger partial charge in [-0.1, -0.05) is 30.3 Å². The van der Waals surface area contributed by atoms with E-state index >= 15 is 0 Å². The molecule has 9 heteroatoms. The van der Waals surface area contributed by atoms with E-state index in [2.05, 4.69) is 9.72 Å². The Morgan fingerprint density at radius 2 is 1.94 bits per heavy atom. The van der Waals surface area contributed by atoms with Gasteiger partial charge in [0.2, 0.25) is 5.76 Å². The van der Waals surface area contributed by atoms with E-state index in [0.717, 1.165) is 16.9 Å². The lowest BCUT2D eigenvalue weighted by molar-refractivity contribution is 0.0562. The third-order valence-corrected chi connectivity index (χ3v) is 6.06. The highest BCUT2D eigenvalue weighted by Crippen LogP contribution is 2.28. The molecule has 8 nitrogen and oxygen atoms in total. The van der Waals surface area contributed by atoms with Gasteiger partial charge in [0.15, 0.2) is 0 Å². The molecule has 0 radical (unpaired) electrons. The number of thiophene rings is 1. The van der Waals surface area contributed by atoms with Crippen LogP contribution < -0.4 is 5.56 Å². The Labute approximate surface area is 180 Å². The zero-order chi connectivity index (χ0) is 22.1. The molecule has 0 aliphatic heterocycles. The molecular weight excluding hydrogens is 420 g/mol. The molecule has 0 unspecified atom stereocenters.